The van der Waals surface area contributed by atoms with E-state index < -0.39 is 6.04 Å². The van der Waals surface area contributed by atoms with Crippen molar-refractivity contribution >= 4 is 34.3 Å². The van der Waals surface area contributed by atoms with Gasteiger partial charge < -0.3 is 10.2 Å². The zero-order chi connectivity index (χ0) is 37.9. The van der Waals surface area contributed by atoms with Crippen LogP contribution in [-0.2, 0) is 4.79 Å². The number of urea groups is 1. The van der Waals surface area contributed by atoms with Gasteiger partial charge in [0.15, 0.2) is 11.5 Å². The summed E-state index contributed by atoms with van der Waals surface area (Å²) in [6.45, 7) is 5.39. The Hall–Kier alpha value is -6.26. The molecule has 7 heterocycles. The molecule has 5 aromatic rings. The van der Waals surface area contributed by atoms with Crippen LogP contribution >= 0.6 is 0 Å². The van der Waals surface area contributed by atoms with Gasteiger partial charge in [0.2, 0.25) is 5.91 Å². The molecule has 1 aliphatic carbocycles. The maximum absolute atomic E-state index is 12.2. The van der Waals surface area contributed by atoms with Gasteiger partial charge in [0.25, 0.3) is 0 Å². The number of carbonyl (C=O) groups is 2. The van der Waals surface area contributed by atoms with Crippen LogP contribution in [0, 0.1) is 28.6 Å². The first-order chi connectivity index (χ1) is 26.8. The number of hydrogen-bond donors (Lipinski definition) is 2. The highest BCUT2D eigenvalue weighted by Gasteiger charge is 2.28. The zero-order valence-corrected chi connectivity index (χ0v) is 30.7. The van der Waals surface area contributed by atoms with Gasteiger partial charge >= 0.3 is 6.03 Å². The smallest absolute Gasteiger partial charge is 0.328 e. The molecule has 55 heavy (non-hydrogen) atoms. The van der Waals surface area contributed by atoms with E-state index in [0.717, 1.165) is 80.6 Å². The van der Waals surface area contributed by atoms with Crippen molar-refractivity contribution in [1.29, 1.82) is 10.5 Å². The van der Waals surface area contributed by atoms with Crippen LogP contribution in [0.25, 0.3) is 22.5 Å². The van der Waals surface area contributed by atoms with E-state index in [2.05, 4.69) is 53.1 Å². The minimum atomic E-state index is -0.467. The number of nitriles is 2. The summed E-state index contributed by atoms with van der Waals surface area (Å²) < 4.78 is 3.34. The molecule has 2 saturated heterocycles. The van der Waals surface area contributed by atoms with Gasteiger partial charge in [-0.3, -0.25) is 20.0 Å². The van der Waals surface area contributed by atoms with Gasteiger partial charge in [-0.15, -0.1) is 5.10 Å². The van der Waals surface area contributed by atoms with Gasteiger partial charge in [0.1, 0.15) is 17.8 Å². The standard InChI is InChI=1S/C39H42N14O2/c1-25(18-40)46-33-17-36(53-38-30(21-45-53)16-27(19-41)20-44-38)43-23-35(33)52-24-34(48-49-52)28-4-2-26(3-5-28)8-12-50-13-9-29(10-14-50)32-7-6-31(22-42-32)51-15-11-37(54)47-39(51)55/h6-7,16-17,20-26,28-29H,2-5,8-15H2,1H3,(H,43,46)(H,47,54,55)/t25-,26?,28?/m1/s1. The average molecular weight is 739 g/mol. The summed E-state index contributed by atoms with van der Waals surface area (Å²) in [6.07, 6.45) is 16.7. The second-order valence-corrected chi connectivity index (χ2v) is 14.8. The van der Waals surface area contributed by atoms with Crippen molar-refractivity contribution in [2.24, 2.45) is 5.92 Å². The Labute approximate surface area is 318 Å². The second-order valence-electron chi connectivity index (χ2n) is 14.8. The number of carbonyl (C=O) groups excluding carboxylic acids is 2. The summed E-state index contributed by atoms with van der Waals surface area (Å²) >= 11 is 0. The Kier molecular flexibility index (Phi) is 10.1. The monoisotopic (exact) mass is 738 g/mol. The van der Waals surface area contributed by atoms with Crippen molar-refractivity contribution in [2.75, 3.05) is 36.4 Å². The highest BCUT2D eigenvalue weighted by molar-refractivity contribution is 6.05. The molecule has 1 saturated carbocycles. The number of amides is 3. The van der Waals surface area contributed by atoms with E-state index in [1.165, 1.54) is 12.6 Å². The Morgan fingerprint density at radius 2 is 1.75 bits per heavy atom. The fourth-order valence-corrected chi connectivity index (χ4v) is 8.02. The molecule has 3 aliphatic rings. The van der Waals surface area contributed by atoms with Crippen molar-refractivity contribution < 1.29 is 9.59 Å². The molecule has 16 heteroatoms. The molecule has 0 radical (unpaired) electrons. The lowest BCUT2D eigenvalue weighted by atomic mass is 9.79. The van der Waals surface area contributed by atoms with Crippen LogP contribution in [-0.4, -0.2) is 88.8 Å². The first kappa shape index (κ1) is 35.8. The molecule has 0 aromatic carbocycles. The van der Waals surface area contributed by atoms with E-state index in [9.17, 15) is 20.1 Å². The molecule has 2 N–H and O–H groups in total. The SMILES string of the molecule is C[C@H](C#N)Nc1cc(-n2ncc3cc(C#N)cnc32)ncc1-n1cc(C2CCC(CCN3CCC(c4ccc(N5CCC(=O)NC5=O)cn4)CC3)CC2)nn1. The van der Waals surface area contributed by atoms with E-state index in [4.69, 9.17) is 4.98 Å². The van der Waals surface area contributed by atoms with E-state index in [0.29, 0.717) is 59.1 Å². The molecular formula is C39H42N14O2. The third-order valence-electron chi connectivity index (χ3n) is 11.2. The van der Waals surface area contributed by atoms with Gasteiger partial charge in [0.05, 0.1) is 53.5 Å². The molecule has 2 aliphatic heterocycles. The van der Waals surface area contributed by atoms with Crippen LogP contribution in [0.4, 0.5) is 16.2 Å². The van der Waals surface area contributed by atoms with Gasteiger partial charge in [-0.2, -0.15) is 20.3 Å². The number of nitrogens with one attached hydrogen (secondary N) is 2. The van der Waals surface area contributed by atoms with Crippen molar-refractivity contribution in [1.82, 2.24) is 49.9 Å². The number of likely N-dealkylation sites (tertiary alicyclic amines) is 1. The predicted molar refractivity (Wildman–Crippen MR) is 202 cm³/mol. The largest absolute Gasteiger partial charge is 0.368 e. The fourth-order valence-electron chi connectivity index (χ4n) is 8.02. The topological polar surface area (TPSA) is 199 Å². The minimum absolute atomic E-state index is 0.237. The number of pyridine rings is 3. The van der Waals surface area contributed by atoms with Gasteiger partial charge in [-0.25, -0.2) is 19.4 Å². The quantitative estimate of drug-likeness (QED) is 0.195. The third kappa shape index (κ3) is 7.72. The van der Waals surface area contributed by atoms with Crippen LogP contribution in [0.2, 0.25) is 0 Å². The second kappa shape index (κ2) is 15.6. The molecule has 280 valence electrons. The first-order valence-corrected chi connectivity index (χ1v) is 19.0. The Balaban J connectivity index is 0.836. The molecular weight excluding hydrogens is 697 g/mol. The molecule has 16 nitrogen and oxygen atoms in total. The molecule has 5 aromatic heterocycles. The zero-order valence-electron chi connectivity index (χ0n) is 30.7. The van der Waals surface area contributed by atoms with Crippen molar-refractivity contribution in [2.45, 2.75) is 76.2 Å². The van der Waals surface area contributed by atoms with Crippen LogP contribution < -0.4 is 15.5 Å². The molecule has 1 atom stereocenters. The predicted octanol–water partition coefficient (Wildman–Crippen LogP) is 4.98. The summed E-state index contributed by atoms with van der Waals surface area (Å²) in [6, 6.07) is 11.0. The summed E-state index contributed by atoms with van der Waals surface area (Å²) in [4.78, 5) is 41.6. The highest BCUT2D eigenvalue weighted by atomic mass is 16.2. The number of nitrogens with zero attached hydrogens (tertiary/aromatic N) is 12. The molecule has 0 unspecified atom stereocenters. The first-order valence-electron chi connectivity index (χ1n) is 19.0. The highest BCUT2D eigenvalue weighted by Crippen LogP contribution is 2.37. The van der Waals surface area contributed by atoms with E-state index >= 15 is 0 Å². The van der Waals surface area contributed by atoms with Crippen molar-refractivity contribution in [3.63, 3.8) is 0 Å². The summed E-state index contributed by atoms with van der Waals surface area (Å²) in [5.41, 5.74) is 5.13. The van der Waals surface area contributed by atoms with Crippen molar-refractivity contribution in [3.8, 4) is 23.6 Å². The van der Waals surface area contributed by atoms with E-state index in [1.54, 1.807) is 45.8 Å². The summed E-state index contributed by atoms with van der Waals surface area (Å²) in [7, 11) is 0. The third-order valence-corrected chi connectivity index (χ3v) is 11.2. The lowest BCUT2D eigenvalue weighted by molar-refractivity contribution is -0.120. The van der Waals surface area contributed by atoms with Crippen LogP contribution in [0.15, 0.2) is 55.2 Å². The lowest BCUT2D eigenvalue weighted by Gasteiger charge is -2.34. The maximum atomic E-state index is 12.2. The van der Waals surface area contributed by atoms with E-state index in [-0.39, 0.29) is 11.9 Å². The lowest BCUT2D eigenvalue weighted by Crippen LogP contribution is -2.49. The number of fused-ring (bicyclic) bond motifs is 1. The summed E-state index contributed by atoms with van der Waals surface area (Å²) in [5, 5.41) is 38.7. The Morgan fingerprint density at radius 1 is 0.927 bits per heavy atom. The van der Waals surface area contributed by atoms with Gasteiger partial charge in [0, 0.05) is 48.1 Å². The number of aromatic nitrogens is 8. The molecule has 0 spiro atoms. The number of piperidine rings is 1. The van der Waals surface area contributed by atoms with Crippen LogP contribution in [0.3, 0.4) is 0 Å². The average Bonchev–Trinajstić information content (AvgIpc) is 3.88. The molecule has 3 fully saturated rings. The summed E-state index contributed by atoms with van der Waals surface area (Å²) in [5.74, 6) is 1.72. The van der Waals surface area contributed by atoms with Crippen molar-refractivity contribution in [3.05, 3.63) is 72.2 Å². The molecule has 0 bridgehead atoms. The normalized spacial score (nSPS) is 20.2. The maximum Gasteiger partial charge on any atom is 0.328 e. The molecule has 3 amide bonds. The molecule has 8 rings (SSSR count). The number of hydrogen-bond acceptors (Lipinski definition) is 12. The number of rotatable bonds is 10. The van der Waals surface area contributed by atoms with Gasteiger partial charge in [-0.1, -0.05) is 5.21 Å². The number of imide groups is 1. The minimum Gasteiger partial charge on any atom is -0.368 e. The van der Waals surface area contributed by atoms with Gasteiger partial charge in [-0.05, 0) is 95.6 Å². The van der Waals surface area contributed by atoms with Crippen LogP contribution in [0.5, 0.6) is 0 Å². The number of anilines is 2. The Bertz CT molecular complexity index is 2270. The Morgan fingerprint density at radius 3 is 2.49 bits per heavy atom. The van der Waals surface area contributed by atoms with Crippen LogP contribution in [0.1, 0.15) is 87.1 Å². The van der Waals surface area contributed by atoms with E-state index in [1.807, 2.05) is 24.4 Å². The fraction of sp³-hybridized carbons (Fsp3) is 0.436.